The van der Waals surface area contributed by atoms with Crippen molar-refractivity contribution in [3.05, 3.63) is 29.8 Å². The van der Waals surface area contributed by atoms with Crippen LogP contribution >= 0.6 is 0 Å². The van der Waals surface area contributed by atoms with Crippen LogP contribution in [0.1, 0.15) is 18.9 Å². The Balaban J connectivity index is 2.80. The van der Waals surface area contributed by atoms with Crippen molar-refractivity contribution in [3.63, 3.8) is 0 Å². The summed E-state index contributed by atoms with van der Waals surface area (Å²) in [6, 6.07) is 4.66. The van der Waals surface area contributed by atoms with Gasteiger partial charge in [-0.15, -0.1) is 0 Å². The van der Waals surface area contributed by atoms with Gasteiger partial charge in [-0.2, -0.15) is 17.9 Å². The van der Waals surface area contributed by atoms with E-state index in [0.717, 1.165) is 7.11 Å². The van der Waals surface area contributed by atoms with E-state index in [0.29, 0.717) is 11.3 Å². The Kier molecular flexibility index (Phi) is 6.94. The first-order chi connectivity index (χ1) is 11.5. The number of hydrogen-bond acceptors (Lipinski definition) is 5. The molecular formula is C14H17F3N2O5S. The number of amides is 1. The molecule has 0 unspecified atom stereocenters. The van der Waals surface area contributed by atoms with Crippen LogP contribution in [0.5, 0.6) is 0 Å². The topological polar surface area (TPSA) is 102 Å². The van der Waals surface area contributed by atoms with Crippen LogP contribution in [-0.2, 0) is 30.8 Å². The summed E-state index contributed by atoms with van der Waals surface area (Å²) in [6.45, 7) is 1.33. The van der Waals surface area contributed by atoms with Crippen molar-refractivity contribution in [1.29, 1.82) is 0 Å². The lowest BCUT2D eigenvalue weighted by molar-refractivity contribution is -0.142. The molecule has 0 spiro atoms. The van der Waals surface area contributed by atoms with Gasteiger partial charge in [-0.1, -0.05) is 12.1 Å². The molecule has 0 aliphatic heterocycles. The number of rotatable bonds is 7. The lowest BCUT2D eigenvalue weighted by Gasteiger charge is -2.17. The Morgan fingerprint density at radius 3 is 2.20 bits per heavy atom. The van der Waals surface area contributed by atoms with E-state index in [9.17, 15) is 31.2 Å². The molecule has 1 amide bonds. The minimum atomic E-state index is -5.67. The highest BCUT2D eigenvalue weighted by molar-refractivity contribution is 7.90. The lowest BCUT2D eigenvalue weighted by atomic mass is 10.1. The fourth-order valence-electron chi connectivity index (χ4n) is 1.89. The first-order valence-corrected chi connectivity index (χ1v) is 8.47. The number of halogens is 3. The predicted octanol–water partition coefficient (Wildman–Crippen LogP) is 1.56. The molecule has 0 fully saturated rings. The van der Waals surface area contributed by atoms with Crippen LogP contribution in [-0.4, -0.2) is 39.0 Å². The fourth-order valence-corrected chi connectivity index (χ4v) is 2.61. The summed E-state index contributed by atoms with van der Waals surface area (Å²) >= 11 is 0. The molecule has 0 heterocycles. The summed E-state index contributed by atoms with van der Waals surface area (Å²) in [4.78, 5) is 22.5. The maximum absolute atomic E-state index is 12.4. The number of ether oxygens (including phenoxy) is 1. The summed E-state index contributed by atoms with van der Waals surface area (Å²) in [5.74, 6) is -1.39. The molecule has 2 N–H and O–H groups in total. The Bertz CT molecular complexity index is 717. The summed E-state index contributed by atoms with van der Waals surface area (Å²) < 4.78 is 65.3. The van der Waals surface area contributed by atoms with Crippen LogP contribution in [0.15, 0.2) is 24.3 Å². The molecule has 0 saturated carbocycles. The number of methoxy groups -OCH3 is 1. The molecule has 0 bridgehead atoms. The number of carbonyl (C=O) groups is 2. The van der Waals surface area contributed by atoms with Gasteiger partial charge in [0.25, 0.3) is 0 Å². The molecule has 0 radical (unpaired) electrons. The normalized spacial score (nSPS) is 13.2. The van der Waals surface area contributed by atoms with E-state index >= 15 is 0 Å². The van der Waals surface area contributed by atoms with Crippen molar-refractivity contribution in [3.8, 4) is 0 Å². The third-order valence-electron chi connectivity index (χ3n) is 3.08. The van der Waals surface area contributed by atoms with E-state index in [1.165, 1.54) is 11.6 Å². The molecule has 25 heavy (non-hydrogen) atoms. The van der Waals surface area contributed by atoms with E-state index in [2.05, 4.69) is 10.1 Å². The summed E-state index contributed by atoms with van der Waals surface area (Å²) in [7, 11) is -4.73. The zero-order valence-electron chi connectivity index (χ0n) is 13.4. The second kappa shape index (κ2) is 8.30. The van der Waals surface area contributed by atoms with Crippen LogP contribution < -0.4 is 10.0 Å². The molecule has 7 nitrogen and oxygen atoms in total. The Morgan fingerprint density at radius 2 is 1.76 bits per heavy atom. The van der Waals surface area contributed by atoms with Gasteiger partial charge in [0, 0.05) is 12.6 Å². The van der Waals surface area contributed by atoms with Crippen molar-refractivity contribution in [2.24, 2.45) is 0 Å². The number of benzene rings is 1. The number of anilines is 1. The number of esters is 1. The third kappa shape index (κ3) is 6.35. The number of carbonyl (C=O) groups excluding carboxylic acids is 2. The van der Waals surface area contributed by atoms with Crippen LogP contribution in [0.4, 0.5) is 18.9 Å². The van der Waals surface area contributed by atoms with Crippen molar-refractivity contribution in [2.45, 2.75) is 31.3 Å². The Labute approximate surface area is 142 Å². The molecule has 0 aromatic heterocycles. The molecule has 0 aliphatic rings. The number of hydrogen-bond donors (Lipinski definition) is 2. The van der Waals surface area contributed by atoms with Gasteiger partial charge in [-0.25, -0.2) is 8.42 Å². The lowest BCUT2D eigenvalue weighted by Crippen LogP contribution is -2.47. The Hall–Kier alpha value is -2.14. The van der Waals surface area contributed by atoms with Crippen molar-refractivity contribution < 1.29 is 35.9 Å². The zero-order valence-corrected chi connectivity index (χ0v) is 14.2. The zero-order chi connectivity index (χ0) is 19.3. The van der Waals surface area contributed by atoms with Gasteiger partial charge >= 0.3 is 21.5 Å². The highest BCUT2D eigenvalue weighted by Gasteiger charge is 2.47. The fraction of sp³-hybridized carbons (Fsp3) is 0.429. The van der Waals surface area contributed by atoms with Crippen molar-refractivity contribution >= 4 is 27.6 Å². The van der Waals surface area contributed by atoms with Gasteiger partial charge in [0.05, 0.1) is 7.11 Å². The van der Waals surface area contributed by atoms with Crippen molar-refractivity contribution in [1.82, 2.24) is 4.72 Å². The SMILES string of the molecule is COC(=O)[C@H](CCc1ccc(NC(C)=O)cc1)NS(=O)(=O)C(F)(F)F. The third-order valence-corrected chi connectivity index (χ3v) is 4.29. The first-order valence-electron chi connectivity index (χ1n) is 6.99. The molecule has 1 aromatic rings. The minimum absolute atomic E-state index is 0.112. The maximum atomic E-state index is 12.4. The number of nitrogens with one attached hydrogen (secondary N) is 2. The van der Waals surface area contributed by atoms with E-state index in [4.69, 9.17) is 0 Å². The monoisotopic (exact) mass is 382 g/mol. The van der Waals surface area contributed by atoms with Crippen LogP contribution in [0, 0.1) is 0 Å². The van der Waals surface area contributed by atoms with E-state index in [1.807, 2.05) is 0 Å². The quantitative estimate of drug-likeness (QED) is 0.697. The van der Waals surface area contributed by atoms with Crippen LogP contribution in [0.25, 0.3) is 0 Å². The van der Waals surface area contributed by atoms with Gasteiger partial charge in [0.2, 0.25) is 5.91 Å². The minimum Gasteiger partial charge on any atom is -0.468 e. The second-order valence-corrected chi connectivity index (χ2v) is 6.77. The van der Waals surface area contributed by atoms with E-state index in [1.54, 1.807) is 24.3 Å². The molecule has 1 atom stereocenters. The number of aryl methyl sites for hydroxylation is 1. The van der Waals surface area contributed by atoms with E-state index in [-0.39, 0.29) is 18.7 Å². The van der Waals surface area contributed by atoms with Gasteiger partial charge in [0.15, 0.2) is 0 Å². The first kappa shape index (κ1) is 20.9. The maximum Gasteiger partial charge on any atom is 0.511 e. The summed E-state index contributed by atoms with van der Waals surface area (Å²) in [5, 5.41) is 2.54. The van der Waals surface area contributed by atoms with E-state index < -0.39 is 27.5 Å². The van der Waals surface area contributed by atoms with Gasteiger partial charge in [-0.3, -0.25) is 9.59 Å². The van der Waals surface area contributed by atoms with Crippen LogP contribution in [0.2, 0.25) is 0 Å². The standard InChI is InChI=1S/C14H17F3N2O5S/c1-9(20)18-11-6-3-10(4-7-11)5-8-12(13(21)24-2)19-25(22,23)14(15,16)17/h3-4,6-7,12,19H,5,8H2,1-2H3,(H,18,20)/t12-/m0/s1. The molecule has 0 saturated heterocycles. The second-order valence-electron chi connectivity index (χ2n) is 5.06. The Morgan fingerprint density at radius 1 is 1.20 bits per heavy atom. The summed E-state index contributed by atoms with van der Waals surface area (Å²) in [6.07, 6.45) is -0.123. The average Bonchev–Trinajstić information content (AvgIpc) is 2.50. The van der Waals surface area contributed by atoms with Crippen molar-refractivity contribution in [2.75, 3.05) is 12.4 Å². The molecule has 1 aromatic carbocycles. The smallest absolute Gasteiger partial charge is 0.468 e. The average molecular weight is 382 g/mol. The highest BCUT2D eigenvalue weighted by Crippen LogP contribution is 2.23. The highest BCUT2D eigenvalue weighted by atomic mass is 32.2. The predicted molar refractivity (Wildman–Crippen MR) is 83.0 cm³/mol. The molecule has 140 valence electrons. The molecule has 1 rings (SSSR count). The number of alkyl halides is 3. The number of sulfonamides is 1. The van der Waals surface area contributed by atoms with Crippen LogP contribution in [0.3, 0.4) is 0 Å². The van der Waals surface area contributed by atoms with Gasteiger partial charge in [-0.05, 0) is 30.5 Å². The largest absolute Gasteiger partial charge is 0.511 e. The summed E-state index contributed by atoms with van der Waals surface area (Å²) in [5.41, 5.74) is -4.37. The molecule has 0 aliphatic carbocycles. The molecule has 11 heteroatoms. The molecular weight excluding hydrogens is 365 g/mol. The van der Waals surface area contributed by atoms with Gasteiger partial charge in [0.1, 0.15) is 6.04 Å². The van der Waals surface area contributed by atoms with Gasteiger partial charge < -0.3 is 10.1 Å².